The summed E-state index contributed by atoms with van der Waals surface area (Å²) in [6.07, 6.45) is 16.1. The maximum absolute atomic E-state index is 13.5. The van der Waals surface area contributed by atoms with Crippen LogP contribution in [0.2, 0.25) is 0 Å². The average molecular weight is 778 g/mol. The number of carboxylic acids is 1. The lowest BCUT2D eigenvalue weighted by Crippen LogP contribution is -2.69. The van der Waals surface area contributed by atoms with E-state index in [4.69, 9.17) is 24.1 Å². The molecule has 12 heteroatoms. The van der Waals surface area contributed by atoms with Crippen LogP contribution in [-0.4, -0.2) is 100 Å². The van der Waals surface area contributed by atoms with E-state index in [2.05, 4.69) is 5.32 Å². The molecule has 1 aromatic carbocycles. The van der Waals surface area contributed by atoms with Crippen LogP contribution in [0.3, 0.4) is 0 Å². The van der Waals surface area contributed by atoms with Gasteiger partial charge in [-0.05, 0) is 31.9 Å². The SMILES string of the molecule is C/C=C\C=C\[C@@H]1O[C@](O)([C@H](C)C(=O)NC/C=C/C=C(\C)C(OC)C(C)C2CC(O)C(/C=C/C=C/C=C/C(=O)O)O2)[C@H](OC(=O)Cc2ccccc2)[C@H](O)C1(C)C. The number of carbonyl (C=O) groups excluding carboxylic acids is 2. The zero-order valence-corrected chi connectivity index (χ0v) is 33.4. The van der Waals surface area contributed by atoms with Crippen LogP contribution in [0.25, 0.3) is 0 Å². The summed E-state index contributed by atoms with van der Waals surface area (Å²) in [6, 6.07) is 8.94. The zero-order chi connectivity index (χ0) is 41.5. The van der Waals surface area contributed by atoms with Gasteiger partial charge in [0, 0.05) is 37.5 Å². The summed E-state index contributed by atoms with van der Waals surface area (Å²) in [6.45, 7) is 10.8. The molecule has 56 heavy (non-hydrogen) atoms. The van der Waals surface area contributed by atoms with Crippen molar-refractivity contribution < 1.29 is 53.8 Å². The van der Waals surface area contributed by atoms with E-state index in [-0.39, 0.29) is 31.1 Å². The van der Waals surface area contributed by atoms with E-state index in [0.717, 1.165) is 11.6 Å². The number of ether oxygens (including phenoxy) is 4. The number of carbonyl (C=O) groups is 3. The van der Waals surface area contributed by atoms with Crippen LogP contribution in [0.1, 0.15) is 53.5 Å². The van der Waals surface area contributed by atoms with E-state index >= 15 is 0 Å². The Kier molecular flexibility index (Phi) is 17.9. The fourth-order valence-electron chi connectivity index (χ4n) is 6.78. The molecule has 0 aliphatic carbocycles. The first-order valence-electron chi connectivity index (χ1n) is 18.9. The van der Waals surface area contributed by atoms with Gasteiger partial charge in [0.2, 0.25) is 11.7 Å². The minimum atomic E-state index is -2.38. The molecular formula is C44H59NO11. The molecule has 0 radical (unpaired) electrons. The molecule has 5 unspecified atom stereocenters. The largest absolute Gasteiger partial charge is 0.478 e. The Morgan fingerprint density at radius 2 is 1.68 bits per heavy atom. The average Bonchev–Trinajstić information content (AvgIpc) is 3.53. The second kappa shape index (κ2) is 21.8. The number of hydrogen-bond donors (Lipinski definition) is 5. The van der Waals surface area contributed by atoms with Crippen LogP contribution in [0.4, 0.5) is 0 Å². The standard InChI is InChI=1S/C44H59NO11/c1-8-9-13-24-36-43(5,6)40(50)41(55-38(49)27-32-21-14-12-15-22-32)44(52,56-36)31(4)42(51)45-26-19-18-20-29(2)39(53-7)30(3)35-28-33(46)34(54-35)23-16-10-11-17-25-37(47)48/h8-25,30-31,33-36,39-41,46,50,52H,26-28H2,1-7H3,(H,45,51)(H,47,48)/b9-8-,11-10+,19-18+,23-16+,24-13+,25-17+,29-20+/t30?,31-,33?,34?,35?,36+,39?,40+,41-,44-/m1/s1. The van der Waals surface area contributed by atoms with E-state index in [0.29, 0.717) is 12.0 Å². The highest BCUT2D eigenvalue weighted by molar-refractivity contribution is 5.80. The van der Waals surface area contributed by atoms with Crippen molar-refractivity contribution in [2.24, 2.45) is 17.3 Å². The van der Waals surface area contributed by atoms with Crippen LogP contribution in [0.5, 0.6) is 0 Å². The number of aliphatic hydroxyl groups excluding tert-OH is 2. The van der Waals surface area contributed by atoms with Crippen LogP contribution >= 0.6 is 0 Å². The Morgan fingerprint density at radius 3 is 2.34 bits per heavy atom. The van der Waals surface area contributed by atoms with Gasteiger partial charge in [-0.3, -0.25) is 9.59 Å². The predicted octanol–water partition coefficient (Wildman–Crippen LogP) is 4.93. The number of carboxylic acid groups (broad SMARTS) is 1. The highest BCUT2D eigenvalue weighted by Gasteiger charge is 2.62. The third-order valence-corrected chi connectivity index (χ3v) is 10.3. The number of hydrogen-bond acceptors (Lipinski definition) is 10. The van der Waals surface area contributed by atoms with Crippen molar-refractivity contribution in [1.82, 2.24) is 5.32 Å². The molecule has 12 nitrogen and oxygen atoms in total. The second-order valence-electron chi connectivity index (χ2n) is 14.8. The normalized spacial score (nSPS) is 28.9. The van der Waals surface area contributed by atoms with E-state index in [1.54, 1.807) is 99.9 Å². The lowest BCUT2D eigenvalue weighted by Gasteiger charge is -2.53. The number of rotatable bonds is 18. The van der Waals surface area contributed by atoms with Gasteiger partial charge in [0.1, 0.15) is 12.2 Å². The molecular weight excluding hydrogens is 718 g/mol. The van der Waals surface area contributed by atoms with Gasteiger partial charge in [0.15, 0.2) is 6.10 Å². The summed E-state index contributed by atoms with van der Waals surface area (Å²) in [5.41, 5.74) is 0.570. The van der Waals surface area contributed by atoms with Gasteiger partial charge in [-0.15, -0.1) is 0 Å². The highest BCUT2D eigenvalue weighted by atomic mass is 16.7. The number of amides is 1. The molecule has 3 rings (SSSR count). The maximum Gasteiger partial charge on any atom is 0.328 e. The van der Waals surface area contributed by atoms with Gasteiger partial charge in [-0.1, -0.05) is 124 Å². The van der Waals surface area contributed by atoms with Crippen molar-refractivity contribution in [1.29, 1.82) is 0 Å². The molecule has 2 heterocycles. The maximum atomic E-state index is 13.5. The molecule has 0 saturated carbocycles. The van der Waals surface area contributed by atoms with Crippen LogP contribution in [0, 0.1) is 17.3 Å². The molecule has 10 atom stereocenters. The second-order valence-corrected chi connectivity index (χ2v) is 14.8. The van der Waals surface area contributed by atoms with Crippen LogP contribution in [0.15, 0.2) is 115 Å². The molecule has 2 saturated heterocycles. The lowest BCUT2D eigenvalue weighted by atomic mass is 9.71. The number of nitrogens with one attached hydrogen (secondary N) is 1. The Balaban J connectivity index is 1.67. The Bertz CT molecular complexity index is 1660. The van der Waals surface area contributed by atoms with Gasteiger partial charge in [0.25, 0.3) is 0 Å². The molecule has 306 valence electrons. The minimum Gasteiger partial charge on any atom is -0.478 e. The van der Waals surface area contributed by atoms with Gasteiger partial charge in [-0.25, -0.2) is 4.79 Å². The van der Waals surface area contributed by atoms with Crippen LogP contribution < -0.4 is 5.32 Å². The summed E-state index contributed by atoms with van der Waals surface area (Å²) in [5.74, 6) is -6.07. The van der Waals surface area contributed by atoms with Crippen LogP contribution in [-0.2, 0) is 39.8 Å². The first kappa shape index (κ1) is 46.0. The number of aliphatic carboxylic acids is 1. The molecule has 2 aliphatic rings. The predicted molar refractivity (Wildman–Crippen MR) is 213 cm³/mol. The molecule has 0 bridgehead atoms. The number of aliphatic hydroxyl groups is 3. The molecule has 0 spiro atoms. The monoisotopic (exact) mass is 777 g/mol. The Labute approximate surface area is 330 Å². The zero-order valence-electron chi connectivity index (χ0n) is 33.4. The Hall–Kier alpha value is -4.43. The summed E-state index contributed by atoms with van der Waals surface area (Å²) in [4.78, 5) is 37.2. The fourth-order valence-corrected chi connectivity index (χ4v) is 6.78. The number of methoxy groups -OCH3 is 1. The van der Waals surface area contributed by atoms with E-state index < -0.39 is 65.5 Å². The van der Waals surface area contributed by atoms with Crippen molar-refractivity contribution >= 4 is 17.8 Å². The van der Waals surface area contributed by atoms with E-state index in [1.165, 1.54) is 13.0 Å². The van der Waals surface area contributed by atoms with Gasteiger partial charge in [0.05, 0.1) is 36.8 Å². The lowest BCUT2D eigenvalue weighted by molar-refractivity contribution is -0.359. The molecule has 2 aliphatic heterocycles. The van der Waals surface area contributed by atoms with E-state index in [1.807, 2.05) is 39.0 Å². The van der Waals surface area contributed by atoms with Gasteiger partial charge < -0.3 is 44.7 Å². The smallest absolute Gasteiger partial charge is 0.328 e. The summed E-state index contributed by atoms with van der Waals surface area (Å²) in [5, 5.41) is 45.7. The van der Waals surface area contributed by atoms with Crippen molar-refractivity contribution in [3.63, 3.8) is 0 Å². The van der Waals surface area contributed by atoms with Crippen molar-refractivity contribution in [3.8, 4) is 0 Å². The summed E-state index contributed by atoms with van der Waals surface area (Å²) < 4.78 is 23.9. The van der Waals surface area contributed by atoms with Crippen molar-refractivity contribution in [2.45, 2.75) is 103 Å². The summed E-state index contributed by atoms with van der Waals surface area (Å²) >= 11 is 0. The molecule has 0 aromatic heterocycles. The van der Waals surface area contributed by atoms with Gasteiger partial charge in [-0.2, -0.15) is 0 Å². The third-order valence-electron chi connectivity index (χ3n) is 10.3. The third kappa shape index (κ3) is 12.5. The molecule has 5 N–H and O–H groups in total. The topological polar surface area (TPSA) is 181 Å². The molecule has 1 aromatic rings. The first-order chi connectivity index (χ1) is 26.6. The molecule has 2 fully saturated rings. The molecule has 1 amide bonds. The fraction of sp³-hybridized carbons (Fsp3) is 0.477. The number of benzene rings is 1. The van der Waals surface area contributed by atoms with Crippen molar-refractivity contribution in [3.05, 3.63) is 120 Å². The van der Waals surface area contributed by atoms with E-state index in [9.17, 15) is 29.7 Å². The quantitative estimate of drug-likeness (QED) is 0.0776. The number of allylic oxidation sites excluding steroid dienone is 9. The first-order valence-corrected chi connectivity index (χ1v) is 18.9. The van der Waals surface area contributed by atoms with Gasteiger partial charge >= 0.3 is 11.9 Å². The van der Waals surface area contributed by atoms with Crippen molar-refractivity contribution in [2.75, 3.05) is 13.7 Å². The number of esters is 1. The minimum absolute atomic E-state index is 0.0971. The highest BCUT2D eigenvalue weighted by Crippen LogP contribution is 2.45. The Morgan fingerprint density at radius 1 is 1.00 bits per heavy atom. The summed E-state index contributed by atoms with van der Waals surface area (Å²) in [7, 11) is 1.60.